The summed E-state index contributed by atoms with van der Waals surface area (Å²) < 4.78 is 1.13. The summed E-state index contributed by atoms with van der Waals surface area (Å²) in [4.78, 5) is 28.1. The number of nitrogens with zero attached hydrogens (tertiary/aromatic N) is 4. The van der Waals surface area contributed by atoms with E-state index in [9.17, 15) is 9.59 Å². The Labute approximate surface area is 109 Å². The number of carboxylic acids is 1. The van der Waals surface area contributed by atoms with E-state index in [2.05, 4.69) is 10.1 Å². The van der Waals surface area contributed by atoms with E-state index < -0.39 is 11.2 Å². The minimum atomic E-state index is -0.939. The number of carboxylic acid groups (broad SMARTS) is 1. The highest BCUT2D eigenvalue weighted by molar-refractivity contribution is 8.00. The number of aromatic nitrogens is 3. The molecule has 1 aromatic rings. The molecule has 1 aromatic heterocycles. The third-order valence-corrected chi connectivity index (χ3v) is 3.28. The highest BCUT2D eigenvalue weighted by atomic mass is 32.2. The second-order valence-corrected chi connectivity index (χ2v) is 4.83. The molecule has 0 fully saturated rings. The van der Waals surface area contributed by atoms with Crippen molar-refractivity contribution < 1.29 is 14.7 Å². The Bertz CT molecular complexity index is 431. The molecule has 1 heterocycles. The van der Waals surface area contributed by atoms with Gasteiger partial charge in [-0.25, -0.2) is 9.78 Å². The Morgan fingerprint density at radius 2 is 2.11 bits per heavy atom. The van der Waals surface area contributed by atoms with Crippen molar-refractivity contribution in [2.75, 3.05) is 13.1 Å². The van der Waals surface area contributed by atoms with Crippen LogP contribution >= 0.6 is 11.8 Å². The first-order valence-electron chi connectivity index (χ1n) is 5.60. The van der Waals surface area contributed by atoms with E-state index in [1.807, 2.05) is 13.8 Å². The van der Waals surface area contributed by atoms with Crippen molar-refractivity contribution in [3.05, 3.63) is 6.33 Å². The van der Waals surface area contributed by atoms with E-state index in [4.69, 9.17) is 5.11 Å². The molecule has 7 nitrogen and oxygen atoms in total. The number of rotatable bonds is 5. The first kappa shape index (κ1) is 14.5. The first-order valence-corrected chi connectivity index (χ1v) is 6.47. The highest BCUT2D eigenvalue weighted by Gasteiger charge is 2.18. The molecule has 18 heavy (non-hydrogen) atoms. The summed E-state index contributed by atoms with van der Waals surface area (Å²) in [6.07, 6.45) is 1.30. The number of amides is 1. The summed E-state index contributed by atoms with van der Waals surface area (Å²) >= 11 is 1.00. The van der Waals surface area contributed by atoms with Gasteiger partial charge in [-0.1, -0.05) is 11.8 Å². The van der Waals surface area contributed by atoms with Crippen LogP contribution in [0.5, 0.6) is 0 Å². The van der Waals surface area contributed by atoms with Gasteiger partial charge in [-0.2, -0.15) is 4.68 Å². The first-order chi connectivity index (χ1) is 8.49. The SMILES string of the molecule is CCN(CC)C(=O)n1cnc(SC(C)C(=O)O)n1. The second-order valence-electron chi connectivity index (χ2n) is 3.52. The van der Waals surface area contributed by atoms with Gasteiger partial charge in [0.15, 0.2) is 0 Å². The van der Waals surface area contributed by atoms with Crippen LogP contribution < -0.4 is 0 Å². The smallest absolute Gasteiger partial charge is 0.346 e. The van der Waals surface area contributed by atoms with Gasteiger partial charge in [0.25, 0.3) is 0 Å². The molecule has 1 atom stereocenters. The molecule has 0 aliphatic carbocycles. The number of aliphatic carboxylic acids is 1. The number of hydrogen-bond acceptors (Lipinski definition) is 5. The molecule has 1 amide bonds. The van der Waals surface area contributed by atoms with Crippen LogP contribution in [0.2, 0.25) is 0 Å². The molecular formula is C10H16N4O3S. The molecular weight excluding hydrogens is 256 g/mol. The predicted octanol–water partition coefficient (Wildman–Crippen LogP) is 1.15. The highest BCUT2D eigenvalue weighted by Crippen LogP contribution is 2.18. The monoisotopic (exact) mass is 272 g/mol. The third kappa shape index (κ3) is 3.46. The zero-order valence-corrected chi connectivity index (χ0v) is 11.3. The Morgan fingerprint density at radius 1 is 1.50 bits per heavy atom. The van der Waals surface area contributed by atoms with E-state index in [1.54, 1.807) is 11.8 Å². The van der Waals surface area contributed by atoms with E-state index in [0.717, 1.165) is 16.4 Å². The largest absolute Gasteiger partial charge is 0.480 e. The fourth-order valence-corrected chi connectivity index (χ4v) is 1.90. The van der Waals surface area contributed by atoms with Gasteiger partial charge in [0, 0.05) is 13.1 Å². The lowest BCUT2D eigenvalue weighted by Gasteiger charge is -2.17. The molecule has 0 radical (unpaired) electrons. The second kappa shape index (κ2) is 6.39. The minimum absolute atomic E-state index is 0.262. The van der Waals surface area contributed by atoms with Crippen molar-refractivity contribution in [1.29, 1.82) is 0 Å². The average Bonchev–Trinajstić information content (AvgIpc) is 2.78. The van der Waals surface area contributed by atoms with Crippen molar-refractivity contribution in [3.63, 3.8) is 0 Å². The third-order valence-electron chi connectivity index (χ3n) is 2.33. The number of carbonyl (C=O) groups excluding carboxylic acids is 1. The summed E-state index contributed by atoms with van der Waals surface area (Å²) in [7, 11) is 0. The molecule has 0 bridgehead atoms. The van der Waals surface area contributed by atoms with E-state index in [1.165, 1.54) is 6.33 Å². The molecule has 0 aromatic carbocycles. The average molecular weight is 272 g/mol. The van der Waals surface area contributed by atoms with Gasteiger partial charge in [0.2, 0.25) is 5.16 Å². The van der Waals surface area contributed by atoms with Crippen LogP contribution in [0.25, 0.3) is 0 Å². The summed E-state index contributed by atoms with van der Waals surface area (Å²) in [6, 6.07) is -0.262. The quantitative estimate of drug-likeness (QED) is 0.809. The maximum atomic E-state index is 11.9. The molecule has 1 rings (SSSR count). The van der Waals surface area contributed by atoms with Gasteiger partial charge >= 0.3 is 12.0 Å². The standard InChI is InChI=1S/C10H16N4O3S/c1-4-13(5-2)10(17)14-6-11-9(12-14)18-7(3)8(15)16/h6-7H,4-5H2,1-3H3,(H,15,16). The van der Waals surface area contributed by atoms with Crippen LogP contribution in [0, 0.1) is 0 Å². The maximum absolute atomic E-state index is 11.9. The van der Waals surface area contributed by atoms with E-state index in [-0.39, 0.29) is 11.2 Å². The van der Waals surface area contributed by atoms with Gasteiger partial charge in [-0.3, -0.25) is 4.79 Å². The number of hydrogen-bond donors (Lipinski definition) is 1. The van der Waals surface area contributed by atoms with Gasteiger partial charge in [0.1, 0.15) is 11.6 Å². The molecule has 0 aliphatic rings. The maximum Gasteiger partial charge on any atom is 0.346 e. The summed E-state index contributed by atoms with van der Waals surface area (Å²) in [5.74, 6) is -0.939. The lowest BCUT2D eigenvalue weighted by atomic mass is 10.5. The number of carbonyl (C=O) groups is 2. The fraction of sp³-hybridized carbons (Fsp3) is 0.600. The van der Waals surface area contributed by atoms with Crippen molar-refractivity contribution in [1.82, 2.24) is 19.7 Å². The zero-order chi connectivity index (χ0) is 13.7. The fourth-order valence-electron chi connectivity index (χ4n) is 1.24. The normalized spacial score (nSPS) is 12.2. The summed E-state index contributed by atoms with van der Waals surface area (Å²) in [6.45, 7) is 6.47. The van der Waals surface area contributed by atoms with Crippen LogP contribution in [-0.2, 0) is 4.79 Å². The Morgan fingerprint density at radius 3 is 2.61 bits per heavy atom. The Kier molecular flexibility index (Phi) is 5.14. The van der Waals surface area contributed by atoms with Crippen LogP contribution in [0.1, 0.15) is 20.8 Å². The Balaban J connectivity index is 2.74. The van der Waals surface area contributed by atoms with Crippen LogP contribution in [-0.4, -0.2) is 55.1 Å². The molecule has 0 saturated carbocycles. The molecule has 0 saturated heterocycles. The molecule has 0 spiro atoms. The molecule has 100 valence electrons. The summed E-state index contributed by atoms with van der Waals surface area (Å²) in [5, 5.41) is 12.4. The van der Waals surface area contributed by atoms with Gasteiger partial charge < -0.3 is 10.0 Å². The number of thioether (sulfide) groups is 1. The van der Waals surface area contributed by atoms with Crippen molar-refractivity contribution >= 4 is 23.8 Å². The zero-order valence-electron chi connectivity index (χ0n) is 10.5. The van der Waals surface area contributed by atoms with Crippen LogP contribution in [0.4, 0.5) is 4.79 Å². The molecule has 1 N–H and O–H groups in total. The Hall–Kier alpha value is -1.57. The molecule has 1 unspecified atom stereocenters. The van der Waals surface area contributed by atoms with Crippen LogP contribution in [0.15, 0.2) is 11.5 Å². The van der Waals surface area contributed by atoms with Crippen molar-refractivity contribution in [3.8, 4) is 0 Å². The van der Waals surface area contributed by atoms with Gasteiger partial charge in [-0.05, 0) is 20.8 Å². The van der Waals surface area contributed by atoms with Crippen molar-refractivity contribution in [2.45, 2.75) is 31.2 Å². The topological polar surface area (TPSA) is 88.3 Å². The minimum Gasteiger partial charge on any atom is -0.480 e. The van der Waals surface area contributed by atoms with E-state index in [0.29, 0.717) is 13.1 Å². The lowest BCUT2D eigenvalue weighted by molar-refractivity contribution is -0.136. The molecule has 8 heteroatoms. The van der Waals surface area contributed by atoms with Crippen LogP contribution in [0.3, 0.4) is 0 Å². The van der Waals surface area contributed by atoms with Gasteiger partial charge in [-0.15, -0.1) is 5.10 Å². The molecule has 0 aliphatic heterocycles. The van der Waals surface area contributed by atoms with Gasteiger partial charge in [0.05, 0.1) is 0 Å². The summed E-state index contributed by atoms with van der Waals surface area (Å²) in [5.41, 5.74) is 0. The van der Waals surface area contributed by atoms with Crippen molar-refractivity contribution in [2.24, 2.45) is 0 Å². The lowest BCUT2D eigenvalue weighted by Crippen LogP contribution is -2.34. The predicted molar refractivity (Wildman–Crippen MR) is 66.7 cm³/mol. The van der Waals surface area contributed by atoms with E-state index >= 15 is 0 Å².